The van der Waals surface area contributed by atoms with Crippen LogP contribution >= 0.6 is 0 Å². The number of hydrogen-bond donors (Lipinski definition) is 0. The fourth-order valence-electron chi connectivity index (χ4n) is 4.95. The molecule has 3 aromatic rings. The van der Waals surface area contributed by atoms with Crippen LogP contribution in [0, 0.1) is 40.8 Å². The highest BCUT2D eigenvalue weighted by Gasteiger charge is 2.20. The van der Waals surface area contributed by atoms with E-state index in [1.807, 2.05) is 12.1 Å². The Morgan fingerprint density at radius 3 is 2.22 bits per heavy atom. The van der Waals surface area contributed by atoms with E-state index in [9.17, 15) is 0 Å². The summed E-state index contributed by atoms with van der Waals surface area (Å²) < 4.78 is 15.1. The largest absolute Gasteiger partial charge is 0.205 e. The van der Waals surface area contributed by atoms with Gasteiger partial charge in [-0.05, 0) is 66.0 Å². The zero-order valence-electron chi connectivity index (χ0n) is 18.8. The van der Waals surface area contributed by atoms with E-state index in [-0.39, 0.29) is 5.82 Å². The van der Waals surface area contributed by atoms with Crippen molar-refractivity contribution in [1.82, 2.24) is 0 Å². The lowest BCUT2D eigenvalue weighted by atomic mass is 9.78. The number of halogens is 1. The Bertz CT molecular complexity index is 1170. The van der Waals surface area contributed by atoms with Gasteiger partial charge in [0.05, 0.1) is 17.2 Å². The van der Waals surface area contributed by atoms with Gasteiger partial charge in [0.15, 0.2) is 0 Å². The third kappa shape index (κ3) is 5.38. The van der Waals surface area contributed by atoms with Crippen molar-refractivity contribution in [2.75, 3.05) is 0 Å². The first kappa shape index (κ1) is 22.1. The molecule has 0 aliphatic heterocycles. The van der Waals surface area contributed by atoms with Crippen LogP contribution in [-0.4, -0.2) is 0 Å². The van der Waals surface area contributed by atoms with Crippen molar-refractivity contribution in [2.45, 2.75) is 58.3 Å². The molecule has 0 aromatic heterocycles. The molecule has 32 heavy (non-hydrogen) atoms. The number of fused-ring (bicyclic) bond motifs is 1. The first-order chi connectivity index (χ1) is 15.7. The summed E-state index contributed by atoms with van der Waals surface area (Å²) in [5.74, 6) is 7.48. The van der Waals surface area contributed by atoms with Crippen molar-refractivity contribution >= 4 is 10.8 Å². The van der Waals surface area contributed by atoms with Crippen LogP contribution in [0.3, 0.4) is 0 Å². The van der Waals surface area contributed by atoms with Crippen molar-refractivity contribution in [2.24, 2.45) is 11.8 Å². The van der Waals surface area contributed by atoms with Crippen LogP contribution in [0.15, 0.2) is 54.6 Å². The maximum Gasteiger partial charge on any atom is 0.146 e. The van der Waals surface area contributed by atoms with Crippen LogP contribution in [0.5, 0.6) is 0 Å². The lowest BCUT2D eigenvalue weighted by Gasteiger charge is -2.28. The Morgan fingerprint density at radius 2 is 1.53 bits per heavy atom. The topological polar surface area (TPSA) is 23.8 Å². The molecule has 0 bridgehead atoms. The molecule has 162 valence electrons. The van der Waals surface area contributed by atoms with E-state index >= 15 is 4.39 Å². The third-order valence-electron chi connectivity index (χ3n) is 6.88. The normalized spacial score (nSPS) is 18.0. The second-order valence-electron chi connectivity index (χ2n) is 9.14. The second kappa shape index (κ2) is 10.5. The molecule has 3 aromatic carbocycles. The Morgan fingerprint density at radius 1 is 0.844 bits per heavy atom. The monoisotopic (exact) mass is 423 g/mol. The fourth-order valence-corrected chi connectivity index (χ4v) is 4.95. The molecule has 0 amide bonds. The van der Waals surface area contributed by atoms with Crippen molar-refractivity contribution < 1.29 is 4.39 Å². The molecule has 0 heterocycles. The van der Waals surface area contributed by atoms with Gasteiger partial charge in [0.25, 0.3) is 0 Å². The highest BCUT2D eigenvalue weighted by atomic mass is 19.1. The second-order valence-corrected chi connectivity index (χ2v) is 9.14. The molecular weight excluding hydrogens is 393 g/mol. The maximum atomic E-state index is 15.1. The smallest absolute Gasteiger partial charge is 0.146 e. The van der Waals surface area contributed by atoms with Gasteiger partial charge < -0.3 is 0 Å². The van der Waals surface area contributed by atoms with E-state index in [0.29, 0.717) is 16.5 Å². The van der Waals surface area contributed by atoms with Gasteiger partial charge in [-0.2, -0.15) is 5.26 Å². The molecule has 4 rings (SSSR count). The van der Waals surface area contributed by atoms with Gasteiger partial charge in [-0.15, -0.1) is 0 Å². The number of aryl methyl sites for hydroxylation is 1. The first-order valence-electron chi connectivity index (χ1n) is 11.9. The first-order valence-corrected chi connectivity index (χ1v) is 11.9. The van der Waals surface area contributed by atoms with Crippen LogP contribution in [0.25, 0.3) is 10.8 Å². The average molecular weight is 424 g/mol. The average Bonchev–Trinajstić information content (AvgIpc) is 2.84. The summed E-state index contributed by atoms with van der Waals surface area (Å²) in [6.07, 6.45) is 10.5. The Labute approximate surface area is 191 Å². The van der Waals surface area contributed by atoms with Gasteiger partial charge >= 0.3 is 0 Å². The molecule has 1 aliphatic rings. The number of nitriles is 1. The molecule has 0 atom stereocenters. The maximum absolute atomic E-state index is 15.1. The van der Waals surface area contributed by atoms with Crippen molar-refractivity contribution in [3.63, 3.8) is 0 Å². The lowest BCUT2D eigenvalue weighted by molar-refractivity contribution is 0.252. The summed E-state index contributed by atoms with van der Waals surface area (Å²) >= 11 is 0. The van der Waals surface area contributed by atoms with Crippen LogP contribution < -0.4 is 0 Å². The molecule has 0 spiro atoms. The van der Waals surface area contributed by atoms with E-state index in [1.165, 1.54) is 50.5 Å². The predicted octanol–water partition coefficient (Wildman–Crippen LogP) is 7.79. The number of nitrogens with zero attached hydrogens (tertiary/aromatic N) is 1. The molecule has 2 heteroatoms. The molecule has 1 fully saturated rings. The molecule has 0 unspecified atom stereocenters. The molecular formula is C30H30FN. The van der Waals surface area contributed by atoms with E-state index in [0.717, 1.165) is 29.2 Å². The summed E-state index contributed by atoms with van der Waals surface area (Å²) in [6.45, 7) is 2.29. The molecule has 0 N–H and O–H groups in total. The Kier molecular flexibility index (Phi) is 7.24. The van der Waals surface area contributed by atoms with E-state index in [4.69, 9.17) is 5.26 Å². The summed E-state index contributed by atoms with van der Waals surface area (Å²) in [6, 6.07) is 19.0. The van der Waals surface area contributed by atoms with Crippen LogP contribution in [0.2, 0.25) is 0 Å². The minimum absolute atomic E-state index is 0.260. The number of rotatable bonds is 5. The summed E-state index contributed by atoms with van der Waals surface area (Å²) in [5, 5.41) is 10.5. The van der Waals surface area contributed by atoms with E-state index < -0.39 is 0 Å². The quantitative estimate of drug-likeness (QED) is 0.384. The van der Waals surface area contributed by atoms with Crippen LogP contribution in [0.1, 0.15) is 74.1 Å². The zero-order valence-corrected chi connectivity index (χ0v) is 18.8. The summed E-state index contributed by atoms with van der Waals surface area (Å²) in [5.41, 5.74) is 3.05. The fraction of sp³-hybridized carbons (Fsp3) is 0.367. The van der Waals surface area contributed by atoms with Gasteiger partial charge in [-0.1, -0.05) is 81.6 Å². The van der Waals surface area contributed by atoms with Gasteiger partial charge in [-0.25, -0.2) is 4.39 Å². The molecule has 0 saturated heterocycles. The van der Waals surface area contributed by atoms with Crippen LogP contribution in [-0.2, 0) is 6.42 Å². The minimum Gasteiger partial charge on any atom is -0.205 e. The number of benzene rings is 3. The SMILES string of the molecule is CCCC1CCC(CCc2ccc3c(F)c(C#Cc4ccc(C#N)cc4)ccc3c2)CC1. The van der Waals surface area contributed by atoms with Crippen LogP contribution in [0.4, 0.5) is 4.39 Å². The third-order valence-corrected chi connectivity index (χ3v) is 6.88. The summed E-state index contributed by atoms with van der Waals surface area (Å²) in [7, 11) is 0. The highest BCUT2D eigenvalue weighted by Crippen LogP contribution is 2.34. The van der Waals surface area contributed by atoms with Crippen molar-refractivity contribution in [3.05, 3.63) is 82.7 Å². The predicted molar refractivity (Wildman–Crippen MR) is 130 cm³/mol. The number of hydrogen-bond acceptors (Lipinski definition) is 1. The van der Waals surface area contributed by atoms with Gasteiger partial charge in [0.1, 0.15) is 5.82 Å². The molecule has 1 nitrogen and oxygen atoms in total. The van der Waals surface area contributed by atoms with Crippen molar-refractivity contribution in [1.29, 1.82) is 5.26 Å². The van der Waals surface area contributed by atoms with Gasteiger partial charge in [0.2, 0.25) is 0 Å². The van der Waals surface area contributed by atoms with Gasteiger partial charge in [0, 0.05) is 10.9 Å². The minimum atomic E-state index is -0.260. The Hall–Kier alpha value is -3.10. The zero-order chi connectivity index (χ0) is 22.3. The lowest BCUT2D eigenvalue weighted by Crippen LogP contribution is -2.15. The van der Waals surface area contributed by atoms with E-state index in [1.54, 1.807) is 30.3 Å². The molecule has 0 radical (unpaired) electrons. The molecule has 1 aliphatic carbocycles. The molecule has 1 saturated carbocycles. The van der Waals surface area contributed by atoms with Gasteiger partial charge in [-0.3, -0.25) is 0 Å². The van der Waals surface area contributed by atoms with Crippen molar-refractivity contribution in [3.8, 4) is 17.9 Å². The standard InChI is InChI=1S/C30H30FN/c1-2-3-22-4-6-23(7-5-22)8-11-25-15-19-29-28(20-25)18-17-27(30(29)31)16-14-24-9-12-26(21-32)13-10-24/h9-10,12-13,15,17-20,22-23H,2-8,11H2,1H3. The highest BCUT2D eigenvalue weighted by molar-refractivity contribution is 5.85. The van der Waals surface area contributed by atoms with E-state index in [2.05, 4.69) is 37.0 Å². The Balaban J connectivity index is 1.42. The summed E-state index contributed by atoms with van der Waals surface area (Å²) in [4.78, 5) is 0.